The van der Waals surface area contributed by atoms with Gasteiger partial charge in [-0.25, -0.2) is 13.2 Å². The van der Waals surface area contributed by atoms with Crippen LogP contribution >= 0.6 is 0 Å². The lowest BCUT2D eigenvalue weighted by Crippen LogP contribution is -2.55. The van der Waals surface area contributed by atoms with Crippen LogP contribution in [-0.2, 0) is 25.2 Å². The van der Waals surface area contributed by atoms with Crippen molar-refractivity contribution in [2.45, 2.75) is 56.3 Å². The Hall–Kier alpha value is -4.33. The van der Waals surface area contributed by atoms with Crippen LogP contribution < -0.4 is 18.5 Å². The molecule has 2 saturated heterocycles. The first-order valence-corrected chi connectivity index (χ1v) is 18.4. The number of anilines is 1. The highest BCUT2D eigenvalue weighted by Crippen LogP contribution is 2.53. The first-order chi connectivity index (χ1) is 23.9. The number of sulfonamides is 1. The number of likely N-dealkylation sites (tertiary alicyclic amines) is 1. The van der Waals surface area contributed by atoms with E-state index in [1.54, 1.807) is 53.4 Å². The third-order valence-corrected chi connectivity index (χ3v) is 11.5. The number of ether oxygens (including phenoxy) is 4. The molecule has 0 aromatic heterocycles. The third kappa shape index (κ3) is 6.38. The summed E-state index contributed by atoms with van der Waals surface area (Å²) in [4.78, 5) is 35.7. The number of carbonyl (C=O) groups is 2. The Balaban J connectivity index is 1.46. The van der Waals surface area contributed by atoms with E-state index in [1.165, 1.54) is 26.4 Å². The van der Waals surface area contributed by atoms with Gasteiger partial charge in [-0.3, -0.25) is 9.69 Å². The molecule has 0 N–H and O–H groups in total. The fourth-order valence-electron chi connectivity index (χ4n) is 7.15. The standard InChI is InChI=1S/C37H46N4O8S/c1-25(2)48-32-10-8-7-9-29(32)37(49-36(43)40-21-19-39(20-22-40)27-15-17-38(4)18-16-27)30-24-28(46-5)12-13-31(30)41(35(37)42)50(44,45)34-14-11-26(3)23-33(34)47-6/h7-14,23-25,27H,15-22H2,1-6H3. The number of nitrogens with zero attached hydrogens (tertiary/aromatic N) is 4. The van der Waals surface area contributed by atoms with E-state index in [9.17, 15) is 13.2 Å². The van der Waals surface area contributed by atoms with Crippen molar-refractivity contribution in [2.24, 2.45) is 0 Å². The van der Waals surface area contributed by atoms with Gasteiger partial charge < -0.3 is 28.7 Å². The fourth-order valence-corrected chi connectivity index (χ4v) is 8.75. The summed E-state index contributed by atoms with van der Waals surface area (Å²) in [5.74, 6) is -0.287. The van der Waals surface area contributed by atoms with E-state index in [1.807, 2.05) is 20.8 Å². The Morgan fingerprint density at radius 3 is 2.22 bits per heavy atom. The molecule has 3 heterocycles. The van der Waals surface area contributed by atoms with E-state index in [-0.39, 0.29) is 39.3 Å². The molecule has 268 valence electrons. The maximum absolute atomic E-state index is 15.2. The number of hydrogen-bond donors (Lipinski definition) is 0. The van der Waals surface area contributed by atoms with E-state index >= 15 is 4.79 Å². The zero-order valence-corrected chi connectivity index (χ0v) is 30.4. The summed E-state index contributed by atoms with van der Waals surface area (Å²) in [5, 5.41) is 0. The van der Waals surface area contributed by atoms with Gasteiger partial charge in [0.15, 0.2) is 0 Å². The zero-order chi connectivity index (χ0) is 35.8. The Kier molecular flexibility index (Phi) is 10.0. The van der Waals surface area contributed by atoms with Gasteiger partial charge >= 0.3 is 6.09 Å². The van der Waals surface area contributed by atoms with Crippen LogP contribution in [0.1, 0.15) is 43.4 Å². The van der Waals surface area contributed by atoms with Gasteiger partial charge in [-0.2, -0.15) is 4.31 Å². The maximum atomic E-state index is 15.2. The highest BCUT2D eigenvalue weighted by atomic mass is 32.2. The summed E-state index contributed by atoms with van der Waals surface area (Å²) in [7, 11) is 0.355. The molecule has 2 amide bonds. The number of piperazine rings is 1. The molecule has 6 rings (SSSR count). The average molecular weight is 707 g/mol. The predicted molar refractivity (Wildman–Crippen MR) is 189 cm³/mol. The van der Waals surface area contributed by atoms with Crippen molar-refractivity contribution < 1.29 is 37.0 Å². The van der Waals surface area contributed by atoms with Gasteiger partial charge in [0.05, 0.1) is 31.6 Å². The number of piperidine rings is 1. The molecule has 13 heteroatoms. The van der Waals surface area contributed by atoms with E-state index in [0.717, 1.165) is 31.5 Å². The van der Waals surface area contributed by atoms with Gasteiger partial charge in [-0.05, 0) is 95.7 Å². The second kappa shape index (κ2) is 14.1. The average Bonchev–Trinajstić information content (AvgIpc) is 3.35. The summed E-state index contributed by atoms with van der Waals surface area (Å²) in [6, 6.07) is 16.4. The van der Waals surface area contributed by atoms with Crippen molar-refractivity contribution in [1.29, 1.82) is 0 Å². The second-order valence-corrected chi connectivity index (χ2v) is 15.1. The molecule has 12 nitrogen and oxygen atoms in total. The molecule has 3 aliphatic rings. The molecule has 3 aromatic rings. The van der Waals surface area contributed by atoms with E-state index in [0.29, 0.717) is 42.3 Å². The molecule has 0 bridgehead atoms. The van der Waals surface area contributed by atoms with Crippen molar-refractivity contribution in [1.82, 2.24) is 14.7 Å². The van der Waals surface area contributed by atoms with Crippen molar-refractivity contribution >= 4 is 27.7 Å². The number of para-hydroxylation sites is 1. The lowest BCUT2D eigenvalue weighted by Gasteiger charge is -2.42. The number of benzene rings is 3. The Morgan fingerprint density at radius 2 is 1.56 bits per heavy atom. The minimum atomic E-state index is -4.62. The number of rotatable bonds is 9. The molecule has 1 unspecified atom stereocenters. The number of hydrogen-bond acceptors (Lipinski definition) is 10. The van der Waals surface area contributed by atoms with E-state index < -0.39 is 27.6 Å². The van der Waals surface area contributed by atoms with Crippen LogP contribution in [0.25, 0.3) is 0 Å². The summed E-state index contributed by atoms with van der Waals surface area (Å²) in [5.41, 5.74) is -1.12. The fraction of sp³-hybridized carbons (Fsp3) is 0.459. The molecular formula is C37H46N4O8S. The largest absolute Gasteiger partial charge is 0.497 e. The highest BCUT2D eigenvalue weighted by Gasteiger charge is 2.61. The highest BCUT2D eigenvalue weighted by molar-refractivity contribution is 7.93. The topological polar surface area (TPSA) is 118 Å². The first-order valence-electron chi connectivity index (χ1n) is 17.0. The second-order valence-electron chi connectivity index (χ2n) is 13.4. The molecule has 0 aliphatic carbocycles. The van der Waals surface area contributed by atoms with Gasteiger partial charge in [0.1, 0.15) is 22.1 Å². The third-order valence-electron chi connectivity index (χ3n) is 9.77. The van der Waals surface area contributed by atoms with Crippen LogP contribution in [0.2, 0.25) is 0 Å². The zero-order valence-electron chi connectivity index (χ0n) is 29.5. The summed E-state index contributed by atoms with van der Waals surface area (Å²) in [6.07, 6.45) is 1.09. The van der Waals surface area contributed by atoms with Gasteiger partial charge in [0.2, 0.25) is 5.60 Å². The van der Waals surface area contributed by atoms with Crippen LogP contribution in [0.3, 0.4) is 0 Å². The molecular weight excluding hydrogens is 660 g/mol. The van der Waals surface area contributed by atoms with Crippen LogP contribution in [0, 0.1) is 6.92 Å². The summed E-state index contributed by atoms with van der Waals surface area (Å²) in [6.45, 7) is 9.68. The number of amides is 2. The molecule has 0 radical (unpaired) electrons. The number of carbonyl (C=O) groups excluding carboxylic acids is 2. The molecule has 2 fully saturated rings. The first kappa shape index (κ1) is 35.5. The van der Waals surface area contributed by atoms with Gasteiger partial charge in [-0.1, -0.05) is 24.3 Å². The van der Waals surface area contributed by atoms with Gasteiger partial charge in [0, 0.05) is 37.8 Å². The molecule has 50 heavy (non-hydrogen) atoms. The van der Waals surface area contributed by atoms with Crippen molar-refractivity contribution in [3.63, 3.8) is 0 Å². The quantitative estimate of drug-likeness (QED) is 0.312. The van der Waals surface area contributed by atoms with Crippen LogP contribution in [0.5, 0.6) is 17.2 Å². The van der Waals surface area contributed by atoms with E-state index in [4.69, 9.17) is 18.9 Å². The number of aryl methyl sites for hydroxylation is 1. The summed E-state index contributed by atoms with van der Waals surface area (Å²) >= 11 is 0. The van der Waals surface area contributed by atoms with Crippen molar-refractivity contribution in [2.75, 3.05) is 64.8 Å². The minimum absolute atomic E-state index is 0.0256. The van der Waals surface area contributed by atoms with Crippen molar-refractivity contribution in [3.05, 3.63) is 77.4 Å². The van der Waals surface area contributed by atoms with Crippen LogP contribution in [0.15, 0.2) is 65.6 Å². The van der Waals surface area contributed by atoms with Crippen LogP contribution in [0.4, 0.5) is 10.5 Å². The molecule has 0 spiro atoms. The Labute approximate surface area is 294 Å². The molecule has 3 aliphatic heterocycles. The van der Waals surface area contributed by atoms with Gasteiger partial charge in [0.25, 0.3) is 15.9 Å². The lowest BCUT2D eigenvalue weighted by atomic mass is 9.86. The van der Waals surface area contributed by atoms with Gasteiger partial charge in [-0.15, -0.1) is 0 Å². The monoisotopic (exact) mass is 706 g/mol. The SMILES string of the molecule is COc1ccc2c(c1)C(OC(=O)N1CCN(C3CCN(C)CC3)CC1)(c1ccccc1OC(C)C)C(=O)N2S(=O)(=O)c1ccc(C)cc1OC. The number of methoxy groups -OCH3 is 2. The predicted octanol–water partition coefficient (Wildman–Crippen LogP) is 4.63. The molecule has 0 saturated carbocycles. The van der Waals surface area contributed by atoms with Crippen LogP contribution in [-0.4, -0.2) is 108 Å². The lowest BCUT2D eigenvalue weighted by molar-refractivity contribution is -0.132. The molecule has 1 atom stereocenters. The van der Waals surface area contributed by atoms with Crippen molar-refractivity contribution in [3.8, 4) is 17.2 Å². The maximum Gasteiger partial charge on any atom is 0.411 e. The summed E-state index contributed by atoms with van der Waals surface area (Å²) < 4.78 is 53.7. The van der Waals surface area contributed by atoms with E-state index in [2.05, 4.69) is 16.8 Å². The molecule has 3 aromatic carbocycles. The Bertz CT molecular complexity index is 1850. The smallest absolute Gasteiger partial charge is 0.411 e. The normalized spacial score (nSPS) is 20.6. The number of fused-ring (bicyclic) bond motifs is 1. The minimum Gasteiger partial charge on any atom is -0.497 e. The Morgan fingerprint density at radius 1 is 0.860 bits per heavy atom.